The van der Waals surface area contributed by atoms with Crippen LogP contribution in [0.5, 0.6) is 0 Å². The Kier molecular flexibility index (Phi) is 2.89. The van der Waals surface area contributed by atoms with Gasteiger partial charge in [-0.05, 0) is 40.5 Å². The number of fused-ring (bicyclic) bond motifs is 5. The van der Waals surface area contributed by atoms with Crippen LogP contribution >= 0.6 is 22.9 Å². The molecule has 1 aliphatic rings. The monoisotopic (exact) mass is 316 g/mol. The minimum atomic E-state index is -0.842. The van der Waals surface area contributed by atoms with Crippen LogP contribution in [0.1, 0.15) is 17.2 Å². The van der Waals surface area contributed by atoms with Crippen LogP contribution in [-0.2, 0) is 0 Å². The van der Waals surface area contributed by atoms with E-state index >= 15 is 0 Å². The van der Waals surface area contributed by atoms with Crippen LogP contribution in [0.25, 0.3) is 21.6 Å². The predicted molar refractivity (Wildman–Crippen MR) is 84.2 cm³/mol. The van der Waals surface area contributed by atoms with E-state index in [1.165, 1.54) is 23.5 Å². The molecule has 104 valence electrons. The molecule has 0 bridgehead atoms. The molecule has 4 rings (SSSR count). The van der Waals surface area contributed by atoms with Gasteiger partial charge >= 0.3 is 0 Å². The molecule has 1 aromatic heterocycles. The number of halogens is 2. The van der Waals surface area contributed by atoms with Gasteiger partial charge in [0, 0.05) is 10.4 Å². The second-order valence-electron chi connectivity index (χ2n) is 5.01. The number of thiophene rings is 1. The molecule has 0 saturated heterocycles. The van der Waals surface area contributed by atoms with Gasteiger partial charge in [0.1, 0.15) is 11.9 Å². The summed E-state index contributed by atoms with van der Waals surface area (Å²) in [5.74, 6) is -0.352. The highest BCUT2D eigenvalue weighted by Crippen LogP contribution is 2.49. The smallest absolute Gasteiger partial charge is 0.123 e. The molecule has 0 radical (unpaired) electrons. The van der Waals surface area contributed by atoms with Crippen molar-refractivity contribution in [1.82, 2.24) is 0 Å². The number of aliphatic hydroxyl groups excluding tert-OH is 1. The molecule has 4 heteroatoms. The molecule has 1 atom stereocenters. The van der Waals surface area contributed by atoms with Gasteiger partial charge in [0.25, 0.3) is 0 Å². The number of hydrogen-bond acceptors (Lipinski definition) is 2. The largest absolute Gasteiger partial charge is 0.384 e. The molecular formula is C17H10ClFOS. The van der Waals surface area contributed by atoms with Gasteiger partial charge in [0.2, 0.25) is 0 Å². The Bertz CT molecular complexity index is 856. The minimum Gasteiger partial charge on any atom is -0.384 e. The maximum atomic E-state index is 13.6. The normalized spacial score (nSPS) is 15.9. The minimum absolute atomic E-state index is 0.352. The van der Waals surface area contributed by atoms with E-state index in [9.17, 15) is 9.50 Å². The molecule has 1 unspecified atom stereocenters. The van der Waals surface area contributed by atoms with Crippen LogP contribution in [-0.4, -0.2) is 5.11 Å². The Balaban J connectivity index is 2.15. The fraction of sp³-hybridized carbons (Fsp3) is 0.0588. The molecule has 1 N–H and O–H groups in total. The van der Waals surface area contributed by atoms with Gasteiger partial charge in [0.05, 0.1) is 4.34 Å². The van der Waals surface area contributed by atoms with Gasteiger partial charge < -0.3 is 5.11 Å². The zero-order chi connectivity index (χ0) is 14.6. The molecule has 0 amide bonds. The van der Waals surface area contributed by atoms with Crippen LogP contribution in [0.3, 0.4) is 0 Å². The highest BCUT2D eigenvalue weighted by Gasteiger charge is 2.27. The molecule has 3 aromatic rings. The standard InChI is InChI=1S/C17H10ClFOS/c18-15-8-14-10-6-5-9(19)7-13(10)16(20)11-3-1-2-4-12(11)17(14)21-15/h1-8,16,20H. The molecule has 0 aliphatic heterocycles. The SMILES string of the molecule is OC1c2cc(F)ccc2-c2cc(Cl)sc2-c2ccccc21. The van der Waals surface area contributed by atoms with Gasteiger partial charge in [-0.2, -0.15) is 0 Å². The second kappa shape index (κ2) is 4.67. The first-order chi connectivity index (χ1) is 10.1. The van der Waals surface area contributed by atoms with Crippen LogP contribution in [0.2, 0.25) is 4.34 Å². The van der Waals surface area contributed by atoms with E-state index in [4.69, 9.17) is 11.6 Å². The second-order valence-corrected chi connectivity index (χ2v) is 6.70. The van der Waals surface area contributed by atoms with Gasteiger partial charge in [-0.15, -0.1) is 11.3 Å². The highest BCUT2D eigenvalue weighted by molar-refractivity contribution is 7.20. The summed E-state index contributed by atoms with van der Waals surface area (Å²) in [4.78, 5) is 1.01. The summed E-state index contributed by atoms with van der Waals surface area (Å²) in [6.45, 7) is 0. The van der Waals surface area contributed by atoms with Crippen molar-refractivity contribution in [2.45, 2.75) is 6.10 Å². The van der Waals surface area contributed by atoms with Crippen molar-refractivity contribution < 1.29 is 9.50 Å². The summed E-state index contributed by atoms with van der Waals surface area (Å²) < 4.78 is 14.3. The number of benzene rings is 2. The van der Waals surface area contributed by atoms with E-state index in [-0.39, 0.29) is 5.82 Å². The van der Waals surface area contributed by atoms with Gasteiger partial charge in [-0.1, -0.05) is 41.9 Å². The maximum Gasteiger partial charge on any atom is 0.123 e. The summed E-state index contributed by atoms with van der Waals surface area (Å²) >= 11 is 7.66. The third kappa shape index (κ3) is 1.93. The summed E-state index contributed by atoms with van der Waals surface area (Å²) in [5.41, 5.74) is 4.09. The van der Waals surface area contributed by atoms with Crippen LogP contribution in [0.4, 0.5) is 4.39 Å². The Morgan fingerprint density at radius 3 is 2.62 bits per heavy atom. The topological polar surface area (TPSA) is 20.2 Å². The van der Waals surface area contributed by atoms with Gasteiger partial charge in [-0.3, -0.25) is 0 Å². The average molecular weight is 317 g/mol. The fourth-order valence-electron chi connectivity index (χ4n) is 2.88. The number of hydrogen-bond donors (Lipinski definition) is 1. The van der Waals surface area contributed by atoms with Crippen LogP contribution in [0, 0.1) is 5.82 Å². The molecule has 0 saturated carbocycles. The lowest BCUT2D eigenvalue weighted by molar-refractivity contribution is 0.221. The van der Waals surface area contributed by atoms with Gasteiger partial charge in [0.15, 0.2) is 0 Å². The summed E-state index contributed by atoms with van der Waals surface area (Å²) in [7, 11) is 0. The van der Waals surface area contributed by atoms with E-state index in [2.05, 4.69) is 0 Å². The van der Waals surface area contributed by atoms with E-state index in [0.717, 1.165) is 27.1 Å². The van der Waals surface area contributed by atoms with E-state index < -0.39 is 6.10 Å². The molecule has 0 fully saturated rings. The molecular weight excluding hydrogens is 307 g/mol. The number of aliphatic hydroxyl groups is 1. The predicted octanol–water partition coefficient (Wildman–Crippen LogP) is 5.27. The van der Waals surface area contributed by atoms with E-state index in [1.807, 2.05) is 30.3 Å². The van der Waals surface area contributed by atoms with E-state index in [1.54, 1.807) is 6.07 Å². The Hall–Kier alpha value is -1.68. The molecule has 21 heavy (non-hydrogen) atoms. The van der Waals surface area contributed by atoms with Crippen molar-refractivity contribution in [3.63, 3.8) is 0 Å². The lowest BCUT2D eigenvalue weighted by Gasteiger charge is -2.14. The molecule has 1 nitrogen and oxygen atoms in total. The highest BCUT2D eigenvalue weighted by atomic mass is 35.5. The first-order valence-corrected chi connectivity index (χ1v) is 7.71. The molecule has 1 aliphatic carbocycles. The Morgan fingerprint density at radius 2 is 1.76 bits per heavy atom. The van der Waals surface area contributed by atoms with Gasteiger partial charge in [-0.25, -0.2) is 4.39 Å². The van der Waals surface area contributed by atoms with Crippen LogP contribution in [0.15, 0.2) is 48.5 Å². The maximum absolute atomic E-state index is 13.6. The third-order valence-corrected chi connectivity index (χ3v) is 5.10. The van der Waals surface area contributed by atoms with Crippen molar-refractivity contribution in [2.24, 2.45) is 0 Å². The fourth-order valence-corrected chi connectivity index (χ4v) is 4.16. The quantitative estimate of drug-likeness (QED) is 0.599. The van der Waals surface area contributed by atoms with Crippen molar-refractivity contribution >= 4 is 22.9 Å². The summed E-state index contributed by atoms with van der Waals surface area (Å²) in [6, 6.07) is 14.0. The zero-order valence-corrected chi connectivity index (χ0v) is 12.4. The van der Waals surface area contributed by atoms with E-state index in [0.29, 0.717) is 9.90 Å². The molecule has 0 spiro atoms. The average Bonchev–Trinajstić information content (AvgIpc) is 2.84. The summed E-state index contributed by atoms with van der Waals surface area (Å²) in [6.07, 6.45) is -0.842. The Morgan fingerprint density at radius 1 is 0.952 bits per heavy atom. The lowest BCUT2D eigenvalue weighted by atomic mass is 9.96. The third-order valence-electron chi connectivity index (χ3n) is 3.80. The Labute approximate surface area is 130 Å². The lowest BCUT2D eigenvalue weighted by Crippen LogP contribution is -2.01. The van der Waals surface area contributed by atoms with Crippen molar-refractivity contribution in [3.05, 3.63) is 69.8 Å². The summed E-state index contributed by atoms with van der Waals surface area (Å²) in [5, 5.41) is 10.7. The molecule has 1 heterocycles. The molecule has 2 aromatic carbocycles. The van der Waals surface area contributed by atoms with Crippen LogP contribution < -0.4 is 0 Å². The van der Waals surface area contributed by atoms with Crippen molar-refractivity contribution in [3.8, 4) is 21.6 Å². The van der Waals surface area contributed by atoms with Crippen molar-refractivity contribution in [1.29, 1.82) is 0 Å². The number of rotatable bonds is 0. The first kappa shape index (κ1) is 13.0. The van der Waals surface area contributed by atoms with Crippen molar-refractivity contribution in [2.75, 3.05) is 0 Å². The first-order valence-electron chi connectivity index (χ1n) is 6.51. The zero-order valence-electron chi connectivity index (χ0n) is 10.8.